The molecule has 0 aromatic heterocycles. The second-order valence-corrected chi connectivity index (χ2v) is 8.52. The summed E-state index contributed by atoms with van der Waals surface area (Å²) in [7, 11) is 0. The number of carbonyl (C=O) groups excluding carboxylic acids is 1. The molecule has 1 unspecified atom stereocenters. The SMILES string of the molecule is CC(C=CC1=C(C)C(c2ccccc2O)CCC1(C)C)=CC=CC(C)=CC(N)=O. The van der Waals surface area contributed by atoms with Crippen LogP contribution in [0.25, 0.3) is 0 Å². The first-order valence-electron chi connectivity index (χ1n) is 10.1. The fraction of sp³-hybridized carbons (Fsp3) is 0.346. The van der Waals surface area contributed by atoms with E-state index in [0.29, 0.717) is 5.75 Å². The third kappa shape index (κ3) is 6.08. The van der Waals surface area contributed by atoms with Gasteiger partial charge in [0.2, 0.25) is 5.91 Å². The predicted molar refractivity (Wildman–Crippen MR) is 122 cm³/mol. The lowest BCUT2D eigenvalue weighted by Crippen LogP contribution is -2.23. The number of benzene rings is 1. The number of carbonyl (C=O) groups is 1. The summed E-state index contributed by atoms with van der Waals surface area (Å²) in [4.78, 5) is 10.9. The molecule has 154 valence electrons. The van der Waals surface area contributed by atoms with Crippen molar-refractivity contribution in [2.24, 2.45) is 11.1 Å². The summed E-state index contributed by atoms with van der Waals surface area (Å²) < 4.78 is 0. The fourth-order valence-electron chi connectivity index (χ4n) is 4.00. The van der Waals surface area contributed by atoms with Crippen LogP contribution in [0.1, 0.15) is 58.9 Å². The summed E-state index contributed by atoms with van der Waals surface area (Å²) in [5.74, 6) is 0.184. The van der Waals surface area contributed by atoms with E-state index in [-0.39, 0.29) is 11.3 Å². The van der Waals surface area contributed by atoms with Gasteiger partial charge in [0.25, 0.3) is 0 Å². The van der Waals surface area contributed by atoms with Gasteiger partial charge in [0.15, 0.2) is 0 Å². The number of primary amides is 1. The van der Waals surface area contributed by atoms with Gasteiger partial charge in [-0.1, -0.05) is 73.6 Å². The van der Waals surface area contributed by atoms with Crippen LogP contribution in [-0.2, 0) is 4.79 Å². The summed E-state index contributed by atoms with van der Waals surface area (Å²) in [5, 5.41) is 10.3. The molecule has 0 saturated heterocycles. The normalized spacial score (nSPS) is 20.7. The Morgan fingerprint density at radius 3 is 2.52 bits per heavy atom. The Kier molecular flexibility index (Phi) is 7.44. The van der Waals surface area contributed by atoms with Crippen molar-refractivity contribution in [2.75, 3.05) is 0 Å². The maximum Gasteiger partial charge on any atom is 0.241 e. The maximum atomic E-state index is 10.9. The second-order valence-electron chi connectivity index (χ2n) is 8.52. The molecule has 3 nitrogen and oxygen atoms in total. The van der Waals surface area contributed by atoms with Gasteiger partial charge in [0.05, 0.1) is 0 Å². The Hall–Kier alpha value is -2.81. The van der Waals surface area contributed by atoms with Crippen molar-refractivity contribution in [1.29, 1.82) is 0 Å². The van der Waals surface area contributed by atoms with Crippen molar-refractivity contribution >= 4 is 5.91 Å². The summed E-state index contributed by atoms with van der Waals surface area (Å²) in [6.45, 7) is 10.7. The average Bonchev–Trinajstić information content (AvgIpc) is 2.61. The van der Waals surface area contributed by atoms with Gasteiger partial charge in [0, 0.05) is 17.6 Å². The zero-order chi connectivity index (χ0) is 21.6. The van der Waals surface area contributed by atoms with Gasteiger partial charge in [-0.05, 0) is 56.2 Å². The molecule has 0 radical (unpaired) electrons. The molecular formula is C26H33NO2. The van der Waals surface area contributed by atoms with Gasteiger partial charge in [-0.15, -0.1) is 0 Å². The average molecular weight is 392 g/mol. The Morgan fingerprint density at radius 2 is 1.86 bits per heavy atom. The monoisotopic (exact) mass is 391 g/mol. The number of phenols is 1. The second kappa shape index (κ2) is 9.60. The van der Waals surface area contributed by atoms with Crippen LogP contribution >= 0.6 is 0 Å². The molecule has 0 heterocycles. The first-order chi connectivity index (χ1) is 13.6. The topological polar surface area (TPSA) is 63.3 Å². The molecule has 0 spiro atoms. The van der Waals surface area contributed by atoms with E-state index in [1.807, 2.05) is 43.4 Å². The molecule has 1 aromatic rings. The number of hydrogen-bond donors (Lipinski definition) is 2. The van der Waals surface area contributed by atoms with Crippen LogP contribution in [0.3, 0.4) is 0 Å². The summed E-state index contributed by atoms with van der Waals surface area (Å²) >= 11 is 0. The van der Waals surface area contributed by atoms with Crippen molar-refractivity contribution in [2.45, 2.75) is 53.4 Å². The van der Waals surface area contributed by atoms with Crippen molar-refractivity contribution in [1.82, 2.24) is 0 Å². The van der Waals surface area contributed by atoms with Crippen molar-refractivity contribution in [3.63, 3.8) is 0 Å². The summed E-state index contributed by atoms with van der Waals surface area (Å²) in [6.07, 6.45) is 13.7. The van der Waals surface area contributed by atoms with Gasteiger partial charge < -0.3 is 10.8 Å². The number of nitrogens with two attached hydrogens (primary N) is 1. The highest BCUT2D eigenvalue weighted by atomic mass is 16.3. The van der Waals surface area contributed by atoms with E-state index in [2.05, 4.69) is 39.8 Å². The molecule has 1 aliphatic carbocycles. The summed E-state index contributed by atoms with van der Waals surface area (Å²) in [6, 6.07) is 7.66. The van der Waals surface area contributed by atoms with Crippen molar-refractivity contribution in [3.8, 4) is 5.75 Å². The van der Waals surface area contributed by atoms with E-state index in [9.17, 15) is 9.90 Å². The molecular weight excluding hydrogens is 358 g/mol. The first-order valence-corrected chi connectivity index (χ1v) is 10.1. The molecule has 0 aliphatic heterocycles. The number of allylic oxidation sites excluding steroid dienone is 9. The standard InChI is InChI=1S/C26H33NO2/c1-18(9-8-10-19(2)17-25(27)29)13-14-23-20(3)21(15-16-26(23,4)5)22-11-6-7-12-24(22)28/h6-14,17,21,28H,15-16H2,1-5H3,(H2,27,29). The largest absolute Gasteiger partial charge is 0.508 e. The van der Waals surface area contributed by atoms with E-state index in [1.54, 1.807) is 6.07 Å². The predicted octanol–water partition coefficient (Wildman–Crippen LogP) is 6.10. The van der Waals surface area contributed by atoms with Gasteiger partial charge in [-0.25, -0.2) is 0 Å². The number of phenolic OH excluding ortho intramolecular Hbond substituents is 1. The molecule has 3 heteroatoms. The fourth-order valence-corrected chi connectivity index (χ4v) is 4.00. The minimum Gasteiger partial charge on any atom is -0.508 e. The Bertz CT molecular complexity index is 910. The van der Waals surface area contributed by atoms with Crippen LogP contribution in [0.15, 0.2) is 83.0 Å². The van der Waals surface area contributed by atoms with E-state index in [4.69, 9.17) is 5.73 Å². The lowest BCUT2D eigenvalue weighted by Gasteiger charge is -2.38. The first kappa shape index (κ1) is 22.5. The molecule has 1 atom stereocenters. The number of aromatic hydroxyl groups is 1. The zero-order valence-corrected chi connectivity index (χ0v) is 18.2. The molecule has 0 fully saturated rings. The van der Waals surface area contributed by atoms with E-state index in [1.165, 1.54) is 17.2 Å². The van der Waals surface area contributed by atoms with Crippen LogP contribution in [-0.4, -0.2) is 11.0 Å². The summed E-state index contributed by atoms with van der Waals surface area (Å²) in [5.41, 5.74) is 10.9. The Labute approximate surface area is 175 Å². The Morgan fingerprint density at radius 1 is 1.17 bits per heavy atom. The molecule has 2 rings (SSSR count). The highest BCUT2D eigenvalue weighted by molar-refractivity contribution is 5.86. The van der Waals surface area contributed by atoms with E-state index >= 15 is 0 Å². The van der Waals surface area contributed by atoms with Gasteiger partial charge >= 0.3 is 0 Å². The molecule has 1 aliphatic rings. The van der Waals surface area contributed by atoms with Crippen molar-refractivity contribution < 1.29 is 9.90 Å². The van der Waals surface area contributed by atoms with E-state index < -0.39 is 5.91 Å². The lowest BCUT2D eigenvalue weighted by atomic mass is 9.67. The quantitative estimate of drug-likeness (QED) is 0.454. The number of hydrogen-bond acceptors (Lipinski definition) is 2. The van der Waals surface area contributed by atoms with Gasteiger partial charge in [-0.3, -0.25) is 4.79 Å². The molecule has 1 aromatic carbocycles. The third-order valence-corrected chi connectivity index (χ3v) is 5.65. The van der Waals surface area contributed by atoms with Crippen LogP contribution in [0.2, 0.25) is 0 Å². The third-order valence-electron chi connectivity index (χ3n) is 5.65. The lowest BCUT2D eigenvalue weighted by molar-refractivity contribution is -0.113. The van der Waals surface area contributed by atoms with Crippen molar-refractivity contribution in [3.05, 3.63) is 88.6 Å². The van der Waals surface area contributed by atoms with Crippen LogP contribution in [0.5, 0.6) is 5.75 Å². The smallest absolute Gasteiger partial charge is 0.241 e. The Balaban J connectivity index is 2.28. The molecule has 0 bridgehead atoms. The molecule has 1 amide bonds. The van der Waals surface area contributed by atoms with Crippen LogP contribution in [0, 0.1) is 5.41 Å². The zero-order valence-electron chi connectivity index (χ0n) is 18.2. The minimum atomic E-state index is -0.436. The molecule has 0 saturated carbocycles. The molecule has 29 heavy (non-hydrogen) atoms. The van der Waals surface area contributed by atoms with Gasteiger partial charge in [0.1, 0.15) is 5.75 Å². The van der Waals surface area contributed by atoms with Crippen LogP contribution in [0.4, 0.5) is 0 Å². The van der Waals surface area contributed by atoms with Crippen LogP contribution < -0.4 is 5.73 Å². The minimum absolute atomic E-state index is 0.0957. The molecule has 3 N–H and O–H groups in total. The number of para-hydroxylation sites is 1. The highest BCUT2D eigenvalue weighted by Crippen LogP contribution is 2.48. The number of amides is 1. The van der Waals surface area contributed by atoms with Gasteiger partial charge in [-0.2, -0.15) is 0 Å². The van der Waals surface area contributed by atoms with E-state index in [0.717, 1.165) is 29.6 Å². The highest BCUT2D eigenvalue weighted by Gasteiger charge is 2.33. The number of rotatable bonds is 6. The maximum absolute atomic E-state index is 10.9.